The zero-order valence-corrected chi connectivity index (χ0v) is 11.2. The standard InChI is InChI=1S/C14H23NO2/c1-14(2,3)12-5-4-11(10-12)13(16)15-6-8-17-9-7-15/h4,12H,5-10H2,1-3H3. The summed E-state index contributed by atoms with van der Waals surface area (Å²) in [5.41, 5.74) is 1.32. The Hall–Kier alpha value is -0.830. The van der Waals surface area contributed by atoms with Crippen LogP contribution in [0.4, 0.5) is 0 Å². The summed E-state index contributed by atoms with van der Waals surface area (Å²) in [6, 6.07) is 0. The summed E-state index contributed by atoms with van der Waals surface area (Å²) in [7, 11) is 0. The fourth-order valence-corrected chi connectivity index (χ4v) is 2.52. The van der Waals surface area contributed by atoms with E-state index in [0.29, 0.717) is 24.5 Å². The normalized spacial score (nSPS) is 25.9. The number of hydrogen-bond donors (Lipinski definition) is 0. The molecule has 2 aliphatic rings. The van der Waals surface area contributed by atoms with Gasteiger partial charge in [0.1, 0.15) is 0 Å². The lowest BCUT2D eigenvalue weighted by Crippen LogP contribution is -2.41. The Morgan fingerprint density at radius 3 is 2.53 bits per heavy atom. The van der Waals surface area contributed by atoms with Gasteiger partial charge in [0.15, 0.2) is 0 Å². The fourth-order valence-electron chi connectivity index (χ4n) is 2.52. The lowest BCUT2D eigenvalue weighted by atomic mass is 9.79. The highest BCUT2D eigenvalue weighted by Crippen LogP contribution is 2.39. The fraction of sp³-hybridized carbons (Fsp3) is 0.786. The molecule has 1 aliphatic heterocycles. The lowest BCUT2D eigenvalue weighted by Gasteiger charge is -2.29. The van der Waals surface area contributed by atoms with E-state index in [1.807, 2.05) is 4.90 Å². The molecule has 1 fully saturated rings. The highest BCUT2D eigenvalue weighted by molar-refractivity contribution is 5.94. The molecule has 1 atom stereocenters. The van der Waals surface area contributed by atoms with Crippen LogP contribution in [0.1, 0.15) is 33.6 Å². The molecule has 0 aromatic heterocycles. The number of carbonyl (C=O) groups is 1. The molecule has 0 bridgehead atoms. The molecule has 1 heterocycles. The topological polar surface area (TPSA) is 29.5 Å². The third-order valence-corrected chi connectivity index (χ3v) is 3.91. The molecule has 17 heavy (non-hydrogen) atoms. The maximum atomic E-state index is 12.3. The zero-order valence-electron chi connectivity index (χ0n) is 11.2. The van der Waals surface area contributed by atoms with E-state index in [0.717, 1.165) is 31.5 Å². The Balaban J connectivity index is 1.93. The molecular formula is C14H23NO2. The molecule has 0 aromatic carbocycles. The highest BCUT2D eigenvalue weighted by Gasteiger charge is 2.32. The molecule has 3 heteroatoms. The number of morpholine rings is 1. The minimum atomic E-state index is 0.236. The Labute approximate surface area is 104 Å². The van der Waals surface area contributed by atoms with Gasteiger partial charge in [-0.25, -0.2) is 0 Å². The number of hydrogen-bond acceptors (Lipinski definition) is 2. The molecular weight excluding hydrogens is 214 g/mol. The molecule has 2 rings (SSSR count). The van der Waals surface area contributed by atoms with Crippen molar-refractivity contribution in [2.24, 2.45) is 11.3 Å². The summed E-state index contributed by atoms with van der Waals surface area (Å²) in [5.74, 6) is 0.850. The first-order valence-corrected chi connectivity index (χ1v) is 6.54. The monoisotopic (exact) mass is 237 g/mol. The SMILES string of the molecule is CC(C)(C)C1CC=C(C(=O)N2CCOCC2)C1. The number of amides is 1. The van der Waals surface area contributed by atoms with Gasteiger partial charge in [0.25, 0.3) is 0 Å². The van der Waals surface area contributed by atoms with Gasteiger partial charge in [0.2, 0.25) is 5.91 Å². The van der Waals surface area contributed by atoms with Crippen LogP contribution >= 0.6 is 0 Å². The number of nitrogens with zero attached hydrogens (tertiary/aromatic N) is 1. The lowest BCUT2D eigenvalue weighted by molar-refractivity contribution is -0.131. The van der Waals surface area contributed by atoms with Crippen molar-refractivity contribution in [1.82, 2.24) is 4.90 Å². The summed E-state index contributed by atoms with van der Waals surface area (Å²) in [6.07, 6.45) is 4.14. The van der Waals surface area contributed by atoms with Crippen LogP contribution in [-0.4, -0.2) is 37.1 Å². The Kier molecular flexibility index (Phi) is 3.57. The van der Waals surface area contributed by atoms with E-state index in [1.165, 1.54) is 0 Å². The molecule has 1 amide bonds. The van der Waals surface area contributed by atoms with Gasteiger partial charge >= 0.3 is 0 Å². The largest absolute Gasteiger partial charge is 0.378 e. The molecule has 96 valence electrons. The second-order valence-corrected chi connectivity index (χ2v) is 6.14. The van der Waals surface area contributed by atoms with Crippen molar-refractivity contribution >= 4 is 5.91 Å². The summed E-state index contributed by atoms with van der Waals surface area (Å²) in [6.45, 7) is 9.63. The highest BCUT2D eigenvalue weighted by atomic mass is 16.5. The third-order valence-electron chi connectivity index (χ3n) is 3.91. The predicted octanol–water partition coefficient (Wildman–Crippen LogP) is 2.23. The van der Waals surface area contributed by atoms with Gasteiger partial charge in [0.05, 0.1) is 13.2 Å². The maximum absolute atomic E-state index is 12.3. The van der Waals surface area contributed by atoms with Gasteiger partial charge in [-0.2, -0.15) is 0 Å². The van der Waals surface area contributed by atoms with Crippen molar-refractivity contribution < 1.29 is 9.53 Å². The van der Waals surface area contributed by atoms with Crippen LogP contribution in [0, 0.1) is 11.3 Å². The van der Waals surface area contributed by atoms with Gasteiger partial charge in [-0.1, -0.05) is 26.8 Å². The molecule has 1 aliphatic carbocycles. The summed E-state index contributed by atoms with van der Waals surface area (Å²) < 4.78 is 5.27. The van der Waals surface area contributed by atoms with Crippen molar-refractivity contribution in [2.45, 2.75) is 33.6 Å². The van der Waals surface area contributed by atoms with Crippen LogP contribution in [0.2, 0.25) is 0 Å². The van der Waals surface area contributed by atoms with Crippen LogP contribution in [0.15, 0.2) is 11.6 Å². The predicted molar refractivity (Wildman–Crippen MR) is 67.7 cm³/mol. The van der Waals surface area contributed by atoms with E-state index in [-0.39, 0.29) is 5.91 Å². The molecule has 0 saturated carbocycles. The second kappa shape index (κ2) is 4.81. The van der Waals surface area contributed by atoms with Gasteiger partial charge in [-0.3, -0.25) is 4.79 Å². The van der Waals surface area contributed by atoms with Crippen molar-refractivity contribution in [1.29, 1.82) is 0 Å². The van der Waals surface area contributed by atoms with E-state index in [4.69, 9.17) is 4.74 Å². The smallest absolute Gasteiger partial charge is 0.249 e. The third kappa shape index (κ3) is 2.89. The summed E-state index contributed by atoms with van der Waals surface area (Å²) >= 11 is 0. The molecule has 0 aromatic rings. The van der Waals surface area contributed by atoms with E-state index in [1.54, 1.807) is 0 Å². The Morgan fingerprint density at radius 1 is 1.35 bits per heavy atom. The van der Waals surface area contributed by atoms with Crippen LogP contribution in [0.5, 0.6) is 0 Å². The van der Waals surface area contributed by atoms with E-state index in [2.05, 4.69) is 26.8 Å². The van der Waals surface area contributed by atoms with Gasteiger partial charge in [-0.05, 0) is 24.2 Å². The molecule has 3 nitrogen and oxygen atoms in total. The molecule has 1 unspecified atom stereocenters. The first-order chi connectivity index (χ1) is 7.98. The minimum Gasteiger partial charge on any atom is -0.378 e. The van der Waals surface area contributed by atoms with Crippen LogP contribution in [0.3, 0.4) is 0 Å². The van der Waals surface area contributed by atoms with Crippen molar-refractivity contribution in [3.8, 4) is 0 Å². The van der Waals surface area contributed by atoms with Crippen molar-refractivity contribution in [3.63, 3.8) is 0 Å². The van der Waals surface area contributed by atoms with Gasteiger partial charge in [-0.15, -0.1) is 0 Å². The average molecular weight is 237 g/mol. The molecule has 1 saturated heterocycles. The summed E-state index contributed by atoms with van der Waals surface area (Å²) in [5, 5.41) is 0. The first-order valence-electron chi connectivity index (χ1n) is 6.54. The number of carbonyl (C=O) groups excluding carboxylic acids is 1. The van der Waals surface area contributed by atoms with E-state index in [9.17, 15) is 4.79 Å². The molecule has 0 spiro atoms. The van der Waals surface area contributed by atoms with Crippen LogP contribution in [0.25, 0.3) is 0 Å². The zero-order chi connectivity index (χ0) is 12.5. The number of allylic oxidation sites excluding steroid dienone is 1. The quantitative estimate of drug-likeness (QED) is 0.700. The van der Waals surface area contributed by atoms with Gasteiger partial charge in [0, 0.05) is 18.7 Å². The Bertz CT molecular complexity index is 322. The molecule has 0 N–H and O–H groups in total. The second-order valence-electron chi connectivity index (χ2n) is 6.14. The minimum absolute atomic E-state index is 0.236. The number of rotatable bonds is 1. The van der Waals surface area contributed by atoms with Crippen molar-refractivity contribution in [2.75, 3.05) is 26.3 Å². The Morgan fingerprint density at radius 2 is 2.00 bits per heavy atom. The van der Waals surface area contributed by atoms with E-state index >= 15 is 0 Å². The van der Waals surface area contributed by atoms with Crippen molar-refractivity contribution in [3.05, 3.63) is 11.6 Å². The number of ether oxygens (including phenoxy) is 1. The van der Waals surface area contributed by atoms with Crippen LogP contribution in [-0.2, 0) is 9.53 Å². The summed E-state index contributed by atoms with van der Waals surface area (Å²) in [4.78, 5) is 14.2. The average Bonchev–Trinajstić information content (AvgIpc) is 2.78. The molecule has 0 radical (unpaired) electrons. The van der Waals surface area contributed by atoms with Crippen LogP contribution < -0.4 is 0 Å². The maximum Gasteiger partial charge on any atom is 0.249 e. The van der Waals surface area contributed by atoms with E-state index < -0.39 is 0 Å². The van der Waals surface area contributed by atoms with Gasteiger partial charge < -0.3 is 9.64 Å². The first kappa shape index (κ1) is 12.6.